The molecule has 0 atom stereocenters. The van der Waals surface area contributed by atoms with Crippen LogP contribution < -0.4 is 20.1 Å². The summed E-state index contributed by atoms with van der Waals surface area (Å²) in [6, 6.07) is 8.87. The molecule has 0 spiro atoms. The van der Waals surface area contributed by atoms with Crippen LogP contribution in [-0.4, -0.2) is 37.3 Å². The van der Waals surface area contributed by atoms with Gasteiger partial charge in [-0.1, -0.05) is 6.92 Å². The van der Waals surface area contributed by atoms with Crippen LogP contribution in [0.15, 0.2) is 47.7 Å². The number of aromatic nitrogens is 1. The van der Waals surface area contributed by atoms with E-state index in [1.165, 1.54) is 6.07 Å². The lowest BCUT2D eigenvalue weighted by Gasteiger charge is -2.16. The first-order valence-corrected chi connectivity index (χ1v) is 8.88. The second-order valence-electron chi connectivity index (χ2n) is 5.77. The molecule has 1 aromatic carbocycles. The number of nitrogens with zero attached hydrogens (tertiary/aromatic N) is 2. The Morgan fingerprint density at radius 1 is 1.21 bits per heavy atom. The first-order valence-electron chi connectivity index (χ1n) is 8.88. The zero-order valence-electron chi connectivity index (χ0n) is 16.0. The van der Waals surface area contributed by atoms with Gasteiger partial charge in [0.2, 0.25) is 0 Å². The van der Waals surface area contributed by atoms with E-state index in [-0.39, 0.29) is 29.7 Å². The molecule has 2 rings (SSSR count). The molecule has 0 radical (unpaired) electrons. The van der Waals surface area contributed by atoms with Gasteiger partial charge in [-0.3, -0.25) is 4.99 Å². The SMILES string of the molecule is CCCOc1ccc(CNC(=NC)NCCn2cccc2)c(OC(F)F)c1.I. The third-order valence-electron chi connectivity index (χ3n) is 3.73. The van der Waals surface area contributed by atoms with E-state index in [0.717, 1.165) is 13.0 Å². The number of rotatable bonds is 10. The Morgan fingerprint density at radius 2 is 1.96 bits per heavy atom. The number of guanidine groups is 1. The van der Waals surface area contributed by atoms with Crippen LogP contribution in [0.5, 0.6) is 11.5 Å². The first kappa shape index (κ1) is 24.0. The molecule has 0 unspecified atom stereocenters. The highest BCUT2D eigenvalue weighted by Gasteiger charge is 2.12. The van der Waals surface area contributed by atoms with Crippen molar-refractivity contribution >= 4 is 29.9 Å². The topological polar surface area (TPSA) is 59.8 Å². The molecular formula is C19H27F2IN4O2. The van der Waals surface area contributed by atoms with Crippen molar-refractivity contribution in [3.05, 3.63) is 48.3 Å². The lowest BCUT2D eigenvalue weighted by Crippen LogP contribution is -2.38. The standard InChI is InChI=1S/C19H26F2N4O2.HI/c1-3-12-26-16-7-6-15(17(13-16)27-18(20)21)14-24-19(22-2)23-8-11-25-9-4-5-10-25;/h4-7,9-10,13,18H,3,8,11-12,14H2,1-2H3,(H2,22,23,24);1H. The van der Waals surface area contributed by atoms with Crippen LogP contribution in [-0.2, 0) is 13.1 Å². The van der Waals surface area contributed by atoms with Crippen molar-refractivity contribution in [2.75, 3.05) is 20.2 Å². The average Bonchev–Trinajstić information content (AvgIpc) is 3.16. The minimum atomic E-state index is -2.90. The highest BCUT2D eigenvalue weighted by atomic mass is 127. The Kier molecular flexibility index (Phi) is 11.3. The van der Waals surface area contributed by atoms with E-state index in [9.17, 15) is 8.78 Å². The largest absolute Gasteiger partial charge is 0.493 e. The summed E-state index contributed by atoms with van der Waals surface area (Å²) in [6.07, 6.45) is 4.79. The summed E-state index contributed by atoms with van der Waals surface area (Å²) in [5.74, 6) is 1.18. The number of benzene rings is 1. The van der Waals surface area contributed by atoms with Crippen LogP contribution in [0, 0.1) is 0 Å². The Bertz CT molecular complexity index is 712. The fourth-order valence-electron chi connectivity index (χ4n) is 2.42. The molecule has 1 heterocycles. The summed E-state index contributed by atoms with van der Waals surface area (Å²) in [5, 5.41) is 6.29. The second-order valence-corrected chi connectivity index (χ2v) is 5.77. The summed E-state index contributed by atoms with van der Waals surface area (Å²) < 4.78 is 37.6. The molecule has 2 N–H and O–H groups in total. The molecule has 0 bridgehead atoms. The molecule has 28 heavy (non-hydrogen) atoms. The van der Waals surface area contributed by atoms with Crippen LogP contribution >= 0.6 is 24.0 Å². The zero-order chi connectivity index (χ0) is 19.5. The zero-order valence-corrected chi connectivity index (χ0v) is 18.4. The van der Waals surface area contributed by atoms with Gasteiger partial charge >= 0.3 is 6.61 Å². The van der Waals surface area contributed by atoms with Gasteiger partial charge < -0.3 is 24.7 Å². The van der Waals surface area contributed by atoms with Crippen molar-refractivity contribution in [3.8, 4) is 11.5 Å². The molecule has 0 amide bonds. The Labute approximate surface area is 181 Å². The van der Waals surface area contributed by atoms with Crippen LogP contribution in [0.25, 0.3) is 0 Å². The molecule has 0 aliphatic rings. The maximum atomic E-state index is 12.7. The van der Waals surface area contributed by atoms with E-state index in [1.54, 1.807) is 19.2 Å². The minimum absolute atomic E-state index is 0. The molecule has 2 aromatic rings. The summed E-state index contributed by atoms with van der Waals surface area (Å²) in [6.45, 7) is 1.35. The Morgan fingerprint density at radius 3 is 2.61 bits per heavy atom. The molecule has 0 aliphatic heterocycles. The molecular weight excluding hydrogens is 481 g/mol. The predicted molar refractivity (Wildman–Crippen MR) is 117 cm³/mol. The van der Waals surface area contributed by atoms with Crippen molar-refractivity contribution in [2.45, 2.75) is 33.0 Å². The van der Waals surface area contributed by atoms with E-state index in [0.29, 0.717) is 37.0 Å². The fourth-order valence-corrected chi connectivity index (χ4v) is 2.42. The lowest BCUT2D eigenvalue weighted by atomic mass is 10.2. The number of ether oxygens (including phenoxy) is 2. The lowest BCUT2D eigenvalue weighted by molar-refractivity contribution is -0.0505. The number of hydrogen-bond donors (Lipinski definition) is 2. The van der Waals surface area contributed by atoms with Crippen molar-refractivity contribution in [1.82, 2.24) is 15.2 Å². The third-order valence-corrected chi connectivity index (χ3v) is 3.73. The molecule has 6 nitrogen and oxygen atoms in total. The number of halogens is 3. The maximum absolute atomic E-state index is 12.7. The van der Waals surface area contributed by atoms with Crippen LogP contribution in [0.3, 0.4) is 0 Å². The highest BCUT2D eigenvalue weighted by Crippen LogP contribution is 2.26. The van der Waals surface area contributed by atoms with E-state index in [2.05, 4.69) is 20.4 Å². The number of aliphatic imine (C=N–C) groups is 1. The van der Waals surface area contributed by atoms with Gasteiger partial charge in [0.1, 0.15) is 11.5 Å². The maximum Gasteiger partial charge on any atom is 0.387 e. The summed E-state index contributed by atoms with van der Waals surface area (Å²) in [4.78, 5) is 4.14. The van der Waals surface area contributed by atoms with E-state index < -0.39 is 6.61 Å². The Hall–Kier alpha value is -2.04. The molecule has 0 fully saturated rings. The van der Waals surface area contributed by atoms with Gasteiger partial charge in [0.05, 0.1) is 6.61 Å². The predicted octanol–water partition coefficient (Wildman–Crippen LogP) is 3.86. The monoisotopic (exact) mass is 508 g/mol. The van der Waals surface area contributed by atoms with Gasteiger partial charge in [0.15, 0.2) is 5.96 Å². The van der Waals surface area contributed by atoms with Crippen LogP contribution in [0.4, 0.5) is 8.78 Å². The quantitative estimate of drug-likeness (QED) is 0.291. The highest BCUT2D eigenvalue weighted by molar-refractivity contribution is 14.0. The van der Waals surface area contributed by atoms with Gasteiger partial charge in [-0.05, 0) is 30.7 Å². The molecule has 0 saturated heterocycles. The molecule has 1 aromatic heterocycles. The van der Waals surface area contributed by atoms with Gasteiger partial charge in [0.25, 0.3) is 0 Å². The number of nitrogens with one attached hydrogen (secondary N) is 2. The molecule has 156 valence electrons. The first-order chi connectivity index (χ1) is 13.1. The third kappa shape index (κ3) is 8.32. The minimum Gasteiger partial charge on any atom is -0.493 e. The molecule has 0 aliphatic carbocycles. The van der Waals surface area contributed by atoms with Crippen molar-refractivity contribution in [2.24, 2.45) is 4.99 Å². The number of alkyl halides is 2. The average molecular weight is 508 g/mol. The summed E-state index contributed by atoms with van der Waals surface area (Å²) in [7, 11) is 1.66. The smallest absolute Gasteiger partial charge is 0.387 e. The van der Waals surface area contributed by atoms with Crippen LogP contribution in [0.1, 0.15) is 18.9 Å². The van der Waals surface area contributed by atoms with E-state index in [4.69, 9.17) is 4.74 Å². The molecule has 0 saturated carbocycles. The van der Waals surface area contributed by atoms with Crippen molar-refractivity contribution in [3.63, 3.8) is 0 Å². The van der Waals surface area contributed by atoms with Crippen molar-refractivity contribution < 1.29 is 18.3 Å². The Balaban J connectivity index is 0.00000392. The second kappa shape index (κ2) is 13.2. The van der Waals surface area contributed by atoms with Gasteiger partial charge in [-0.25, -0.2) is 0 Å². The number of hydrogen-bond acceptors (Lipinski definition) is 3. The summed E-state index contributed by atoms with van der Waals surface area (Å²) in [5.41, 5.74) is 0.590. The summed E-state index contributed by atoms with van der Waals surface area (Å²) >= 11 is 0. The van der Waals surface area contributed by atoms with Gasteiger partial charge in [0, 0.05) is 50.7 Å². The van der Waals surface area contributed by atoms with Crippen LogP contribution in [0.2, 0.25) is 0 Å². The fraction of sp³-hybridized carbons (Fsp3) is 0.421. The van der Waals surface area contributed by atoms with Gasteiger partial charge in [-0.15, -0.1) is 24.0 Å². The van der Waals surface area contributed by atoms with Crippen molar-refractivity contribution in [1.29, 1.82) is 0 Å². The molecule has 9 heteroatoms. The normalized spacial score (nSPS) is 11.1. The van der Waals surface area contributed by atoms with E-state index >= 15 is 0 Å². The van der Waals surface area contributed by atoms with E-state index in [1.807, 2.05) is 36.0 Å². The van der Waals surface area contributed by atoms with Gasteiger partial charge in [-0.2, -0.15) is 8.78 Å².